The Balaban J connectivity index is 1.14. The van der Waals surface area contributed by atoms with Gasteiger partial charge in [-0.25, -0.2) is 19.9 Å². The molecule has 0 bridgehead atoms. The van der Waals surface area contributed by atoms with Crippen LogP contribution in [-0.2, 0) is 0 Å². The van der Waals surface area contributed by atoms with Gasteiger partial charge in [-0.3, -0.25) is 9.97 Å². The van der Waals surface area contributed by atoms with E-state index in [2.05, 4.69) is 94.9 Å². The van der Waals surface area contributed by atoms with E-state index in [0.29, 0.717) is 17.5 Å². The van der Waals surface area contributed by atoms with Crippen molar-refractivity contribution in [1.29, 1.82) is 0 Å². The molecule has 0 unspecified atom stereocenters. The SMILES string of the molecule is c1ccc(-c2nc(-c3ccccc3)nc(-c3ccc(-c4c5ccccc5c(-c5cc(-c6ccncc6)nc(-c6ccccn6)c5)c5ccccc45)cc3)n2)cc1. The summed E-state index contributed by atoms with van der Waals surface area (Å²) in [5.41, 5.74) is 10.8. The molecular formula is C50H32N6. The van der Waals surface area contributed by atoms with E-state index in [1.54, 1.807) is 12.4 Å². The molecule has 0 fully saturated rings. The van der Waals surface area contributed by atoms with Crippen LogP contribution in [0.5, 0.6) is 0 Å². The summed E-state index contributed by atoms with van der Waals surface area (Å²) in [6.07, 6.45) is 5.42. The molecule has 4 heterocycles. The minimum absolute atomic E-state index is 0.626. The summed E-state index contributed by atoms with van der Waals surface area (Å²) in [5, 5.41) is 4.63. The van der Waals surface area contributed by atoms with Gasteiger partial charge in [0.05, 0.1) is 17.1 Å². The first-order chi connectivity index (χ1) is 27.8. The molecule has 0 aliphatic carbocycles. The summed E-state index contributed by atoms with van der Waals surface area (Å²) >= 11 is 0. The Kier molecular flexibility index (Phi) is 8.39. The number of hydrogen-bond acceptors (Lipinski definition) is 6. The predicted octanol–water partition coefficient (Wildman–Crippen LogP) is 12.0. The van der Waals surface area contributed by atoms with Crippen LogP contribution in [0.15, 0.2) is 195 Å². The van der Waals surface area contributed by atoms with E-state index in [4.69, 9.17) is 19.9 Å². The lowest BCUT2D eigenvalue weighted by Crippen LogP contribution is -2.00. The van der Waals surface area contributed by atoms with Crippen LogP contribution < -0.4 is 0 Å². The molecule has 0 aliphatic rings. The molecule has 0 aliphatic heterocycles. The van der Waals surface area contributed by atoms with Crippen LogP contribution >= 0.6 is 0 Å². The van der Waals surface area contributed by atoms with Crippen LogP contribution in [0.3, 0.4) is 0 Å². The second kappa shape index (κ2) is 14.3. The Labute approximate surface area is 324 Å². The number of rotatable bonds is 7. The van der Waals surface area contributed by atoms with Gasteiger partial charge in [-0.15, -0.1) is 0 Å². The van der Waals surface area contributed by atoms with Gasteiger partial charge in [-0.2, -0.15) is 0 Å². The van der Waals surface area contributed by atoms with Gasteiger partial charge in [0.25, 0.3) is 0 Å². The minimum Gasteiger partial charge on any atom is -0.265 e. The van der Waals surface area contributed by atoms with E-state index >= 15 is 0 Å². The molecule has 0 spiro atoms. The third-order valence-electron chi connectivity index (χ3n) is 10.1. The average molecular weight is 717 g/mol. The van der Waals surface area contributed by atoms with Crippen molar-refractivity contribution < 1.29 is 0 Å². The maximum atomic E-state index is 5.10. The van der Waals surface area contributed by atoms with E-state index in [-0.39, 0.29) is 0 Å². The number of benzene rings is 6. The molecular weight excluding hydrogens is 685 g/mol. The smallest absolute Gasteiger partial charge is 0.164 e. The van der Waals surface area contributed by atoms with Crippen molar-refractivity contribution in [1.82, 2.24) is 29.9 Å². The van der Waals surface area contributed by atoms with Crippen LogP contribution in [0, 0.1) is 0 Å². The average Bonchev–Trinajstić information content (AvgIpc) is 3.29. The highest BCUT2D eigenvalue weighted by molar-refractivity contribution is 6.21. The van der Waals surface area contributed by atoms with Gasteiger partial charge < -0.3 is 0 Å². The maximum absolute atomic E-state index is 5.10. The normalized spacial score (nSPS) is 11.2. The molecule has 6 nitrogen and oxygen atoms in total. The number of fused-ring (bicyclic) bond motifs is 2. The second-order valence-electron chi connectivity index (χ2n) is 13.5. The summed E-state index contributed by atoms with van der Waals surface area (Å²) in [5.74, 6) is 1.90. The maximum Gasteiger partial charge on any atom is 0.164 e. The summed E-state index contributed by atoms with van der Waals surface area (Å²) in [4.78, 5) is 28.9. The quantitative estimate of drug-likeness (QED) is 0.153. The standard InChI is InChI=1S/C50H32N6/c1-3-13-35(14-4-1)48-54-49(36-15-5-2-6-16-36)56-50(55-48)37-24-22-34(23-25-37)46-39-17-7-9-19-41(39)47(42-20-10-8-18-40(42)46)38-31-44(33-26-29-51-30-27-33)53-45(32-38)43-21-11-12-28-52-43/h1-32H. The van der Waals surface area contributed by atoms with E-state index < -0.39 is 0 Å². The van der Waals surface area contributed by atoms with Gasteiger partial charge in [0, 0.05) is 40.8 Å². The highest BCUT2D eigenvalue weighted by Crippen LogP contribution is 2.45. The molecule has 0 amide bonds. The number of aromatic nitrogens is 6. The topological polar surface area (TPSA) is 77.3 Å². The van der Waals surface area contributed by atoms with Crippen molar-refractivity contribution in [3.8, 4) is 79.1 Å². The first kappa shape index (κ1) is 32.9. The monoisotopic (exact) mass is 716 g/mol. The highest BCUT2D eigenvalue weighted by Gasteiger charge is 2.19. The van der Waals surface area contributed by atoms with Gasteiger partial charge in [0.15, 0.2) is 17.5 Å². The lowest BCUT2D eigenvalue weighted by molar-refractivity contribution is 1.07. The largest absolute Gasteiger partial charge is 0.265 e. The van der Waals surface area contributed by atoms with Crippen molar-refractivity contribution >= 4 is 21.5 Å². The van der Waals surface area contributed by atoms with E-state index in [1.165, 1.54) is 5.56 Å². The molecule has 0 saturated heterocycles. The Morgan fingerprint density at radius 3 is 1.23 bits per heavy atom. The Bertz CT molecular complexity index is 2820. The van der Waals surface area contributed by atoms with Crippen LogP contribution in [-0.4, -0.2) is 29.9 Å². The molecule has 6 aromatic carbocycles. The van der Waals surface area contributed by atoms with Crippen LogP contribution in [0.1, 0.15) is 0 Å². The van der Waals surface area contributed by atoms with Gasteiger partial charge in [0.1, 0.15) is 0 Å². The lowest BCUT2D eigenvalue weighted by Gasteiger charge is -2.19. The van der Waals surface area contributed by atoms with E-state index in [0.717, 1.165) is 77.6 Å². The van der Waals surface area contributed by atoms with Crippen molar-refractivity contribution in [2.45, 2.75) is 0 Å². The summed E-state index contributed by atoms with van der Waals surface area (Å²) in [6, 6.07) is 60.4. The Morgan fingerprint density at radius 1 is 0.268 bits per heavy atom. The molecule has 4 aromatic heterocycles. The second-order valence-corrected chi connectivity index (χ2v) is 13.5. The van der Waals surface area contributed by atoms with Crippen molar-refractivity contribution in [3.05, 3.63) is 195 Å². The molecule has 262 valence electrons. The van der Waals surface area contributed by atoms with Crippen molar-refractivity contribution in [2.75, 3.05) is 0 Å². The van der Waals surface area contributed by atoms with Crippen LogP contribution in [0.25, 0.3) is 101 Å². The molecule has 0 N–H and O–H groups in total. The first-order valence-corrected chi connectivity index (χ1v) is 18.5. The Hall–Kier alpha value is -7.70. The van der Waals surface area contributed by atoms with Crippen molar-refractivity contribution in [3.63, 3.8) is 0 Å². The molecule has 56 heavy (non-hydrogen) atoms. The van der Waals surface area contributed by atoms with Crippen molar-refractivity contribution in [2.24, 2.45) is 0 Å². The highest BCUT2D eigenvalue weighted by atomic mass is 15.0. The fourth-order valence-electron chi connectivity index (χ4n) is 7.47. The molecule has 0 radical (unpaired) electrons. The zero-order valence-corrected chi connectivity index (χ0v) is 30.2. The molecule has 6 heteroatoms. The van der Waals surface area contributed by atoms with Gasteiger partial charge in [-0.05, 0) is 80.2 Å². The summed E-state index contributed by atoms with van der Waals surface area (Å²) in [7, 11) is 0. The summed E-state index contributed by atoms with van der Waals surface area (Å²) in [6.45, 7) is 0. The zero-order valence-electron chi connectivity index (χ0n) is 30.2. The number of pyridine rings is 3. The van der Waals surface area contributed by atoms with Crippen LogP contribution in [0.2, 0.25) is 0 Å². The zero-order chi connectivity index (χ0) is 37.3. The lowest BCUT2D eigenvalue weighted by atomic mass is 9.85. The molecule has 10 aromatic rings. The fraction of sp³-hybridized carbons (Fsp3) is 0. The number of nitrogens with zero attached hydrogens (tertiary/aromatic N) is 6. The fourth-order valence-corrected chi connectivity index (χ4v) is 7.47. The molecule has 0 saturated carbocycles. The molecule has 10 rings (SSSR count). The van der Waals surface area contributed by atoms with Gasteiger partial charge in [0.2, 0.25) is 0 Å². The predicted molar refractivity (Wildman–Crippen MR) is 226 cm³/mol. The van der Waals surface area contributed by atoms with E-state index in [9.17, 15) is 0 Å². The van der Waals surface area contributed by atoms with Gasteiger partial charge >= 0.3 is 0 Å². The minimum atomic E-state index is 0.626. The van der Waals surface area contributed by atoms with Gasteiger partial charge in [-0.1, -0.05) is 140 Å². The third-order valence-corrected chi connectivity index (χ3v) is 10.1. The molecule has 0 atom stereocenters. The summed E-state index contributed by atoms with van der Waals surface area (Å²) < 4.78 is 0. The van der Waals surface area contributed by atoms with Crippen LogP contribution in [0.4, 0.5) is 0 Å². The first-order valence-electron chi connectivity index (χ1n) is 18.5. The third kappa shape index (κ3) is 6.15. The van der Waals surface area contributed by atoms with E-state index in [1.807, 2.05) is 97.2 Å². The number of hydrogen-bond donors (Lipinski definition) is 0. The Morgan fingerprint density at radius 2 is 0.714 bits per heavy atom.